The molecule has 0 unspecified atom stereocenters. The van der Waals surface area contributed by atoms with Crippen LogP contribution in [0.3, 0.4) is 0 Å². The number of hydrogen-bond donors (Lipinski definition) is 2. The molecule has 1 fully saturated rings. The van der Waals surface area contributed by atoms with E-state index in [1.165, 1.54) is 32.1 Å². The standard InChI is InChI=1S/C17H29N3O/c18-11-5-2-6-12-20-13-7-10-16(20)17(21)19-14-15-8-3-1-4-9-15/h7,10,13,15H,1-6,8-9,11-12,14,18H2,(H,19,21). The molecule has 0 aliphatic heterocycles. The molecule has 1 heterocycles. The highest BCUT2D eigenvalue weighted by Crippen LogP contribution is 2.22. The minimum absolute atomic E-state index is 0.0735. The maximum atomic E-state index is 12.3. The second-order valence-electron chi connectivity index (χ2n) is 6.15. The monoisotopic (exact) mass is 291 g/mol. The number of carbonyl (C=O) groups excluding carboxylic acids is 1. The van der Waals surface area contributed by atoms with Crippen molar-refractivity contribution in [3.63, 3.8) is 0 Å². The van der Waals surface area contributed by atoms with Crippen molar-refractivity contribution in [2.45, 2.75) is 57.9 Å². The van der Waals surface area contributed by atoms with E-state index in [0.29, 0.717) is 5.92 Å². The molecule has 0 bridgehead atoms. The van der Waals surface area contributed by atoms with Gasteiger partial charge in [-0.2, -0.15) is 0 Å². The number of hydrogen-bond acceptors (Lipinski definition) is 2. The molecule has 0 atom stereocenters. The molecule has 0 spiro atoms. The van der Waals surface area contributed by atoms with Crippen LogP contribution < -0.4 is 11.1 Å². The third-order valence-electron chi connectivity index (χ3n) is 4.44. The number of nitrogens with zero attached hydrogens (tertiary/aromatic N) is 1. The van der Waals surface area contributed by atoms with Gasteiger partial charge in [-0.05, 0) is 50.3 Å². The average molecular weight is 291 g/mol. The number of carbonyl (C=O) groups is 1. The summed E-state index contributed by atoms with van der Waals surface area (Å²) >= 11 is 0. The number of rotatable bonds is 8. The Hall–Kier alpha value is -1.29. The van der Waals surface area contributed by atoms with Gasteiger partial charge in [-0.15, -0.1) is 0 Å². The van der Waals surface area contributed by atoms with Crippen LogP contribution in [0, 0.1) is 5.92 Å². The topological polar surface area (TPSA) is 60.0 Å². The van der Waals surface area contributed by atoms with Crippen molar-refractivity contribution in [1.82, 2.24) is 9.88 Å². The molecule has 2 rings (SSSR count). The summed E-state index contributed by atoms with van der Waals surface area (Å²) in [4.78, 5) is 12.3. The molecule has 1 aromatic rings. The van der Waals surface area contributed by atoms with E-state index in [0.717, 1.165) is 44.6 Å². The molecule has 1 saturated carbocycles. The molecule has 1 amide bonds. The zero-order valence-electron chi connectivity index (χ0n) is 13.0. The first-order valence-corrected chi connectivity index (χ1v) is 8.44. The molecule has 0 radical (unpaired) electrons. The summed E-state index contributed by atoms with van der Waals surface area (Å²) in [5.41, 5.74) is 6.30. The van der Waals surface area contributed by atoms with E-state index in [1.54, 1.807) is 0 Å². The van der Waals surface area contributed by atoms with Gasteiger partial charge in [0.25, 0.3) is 5.91 Å². The van der Waals surface area contributed by atoms with Crippen LogP contribution in [-0.4, -0.2) is 23.6 Å². The normalized spacial score (nSPS) is 16.0. The summed E-state index contributed by atoms with van der Waals surface area (Å²) in [5.74, 6) is 0.750. The number of aryl methyl sites for hydroxylation is 1. The highest BCUT2D eigenvalue weighted by Gasteiger charge is 2.16. The van der Waals surface area contributed by atoms with Gasteiger partial charge < -0.3 is 15.6 Å². The van der Waals surface area contributed by atoms with E-state index in [1.807, 2.05) is 18.3 Å². The predicted octanol–water partition coefficient (Wildman–Crippen LogP) is 2.93. The summed E-state index contributed by atoms with van der Waals surface area (Å²) < 4.78 is 2.06. The van der Waals surface area contributed by atoms with E-state index >= 15 is 0 Å². The summed E-state index contributed by atoms with van der Waals surface area (Å²) in [7, 11) is 0. The average Bonchev–Trinajstić information content (AvgIpc) is 2.99. The van der Waals surface area contributed by atoms with Gasteiger partial charge in [0.2, 0.25) is 0 Å². The Morgan fingerprint density at radius 2 is 2.05 bits per heavy atom. The summed E-state index contributed by atoms with van der Waals surface area (Å²) in [5, 5.41) is 3.12. The van der Waals surface area contributed by atoms with Gasteiger partial charge in [0.15, 0.2) is 0 Å². The second kappa shape index (κ2) is 8.88. The summed E-state index contributed by atoms with van der Waals surface area (Å²) in [6.45, 7) is 2.48. The lowest BCUT2D eigenvalue weighted by Gasteiger charge is -2.21. The van der Waals surface area contributed by atoms with Crippen molar-refractivity contribution in [3.05, 3.63) is 24.0 Å². The number of nitrogens with one attached hydrogen (secondary N) is 1. The van der Waals surface area contributed by atoms with E-state index in [-0.39, 0.29) is 5.91 Å². The van der Waals surface area contributed by atoms with Crippen LogP contribution in [-0.2, 0) is 6.54 Å². The summed E-state index contributed by atoms with van der Waals surface area (Å²) in [6, 6.07) is 3.87. The van der Waals surface area contributed by atoms with Gasteiger partial charge in [-0.25, -0.2) is 0 Å². The molecule has 4 nitrogen and oxygen atoms in total. The lowest BCUT2D eigenvalue weighted by molar-refractivity contribution is 0.0934. The van der Waals surface area contributed by atoms with Crippen LogP contribution in [0.25, 0.3) is 0 Å². The Morgan fingerprint density at radius 1 is 1.24 bits per heavy atom. The molecular weight excluding hydrogens is 262 g/mol. The minimum atomic E-state index is 0.0735. The van der Waals surface area contributed by atoms with Gasteiger partial charge in [0.05, 0.1) is 0 Å². The molecule has 1 aromatic heterocycles. The first kappa shape index (κ1) is 16.1. The van der Waals surface area contributed by atoms with E-state index in [2.05, 4.69) is 9.88 Å². The zero-order chi connectivity index (χ0) is 14.9. The zero-order valence-corrected chi connectivity index (χ0v) is 13.0. The van der Waals surface area contributed by atoms with Crippen LogP contribution in [0.1, 0.15) is 61.9 Å². The maximum absolute atomic E-state index is 12.3. The van der Waals surface area contributed by atoms with Crippen molar-refractivity contribution >= 4 is 5.91 Å². The van der Waals surface area contributed by atoms with E-state index in [9.17, 15) is 4.79 Å². The third kappa shape index (κ3) is 5.20. The Morgan fingerprint density at radius 3 is 2.81 bits per heavy atom. The SMILES string of the molecule is NCCCCCn1cccc1C(=O)NCC1CCCCC1. The van der Waals surface area contributed by atoms with Gasteiger partial charge in [0.1, 0.15) is 5.69 Å². The maximum Gasteiger partial charge on any atom is 0.267 e. The Balaban J connectivity index is 1.77. The number of aromatic nitrogens is 1. The fraction of sp³-hybridized carbons (Fsp3) is 0.706. The van der Waals surface area contributed by atoms with Crippen molar-refractivity contribution in [1.29, 1.82) is 0 Å². The number of amides is 1. The molecule has 0 saturated heterocycles. The lowest BCUT2D eigenvalue weighted by Crippen LogP contribution is -2.31. The van der Waals surface area contributed by atoms with Crippen LogP contribution in [0.5, 0.6) is 0 Å². The van der Waals surface area contributed by atoms with Crippen molar-refractivity contribution in [2.75, 3.05) is 13.1 Å². The molecule has 0 aromatic carbocycles. The smallest absolute Gasteiger partial charge is 0.267 e. The lowest BCUT2D eigenvalue weighted by atomic mass is 9.89. The highest BCUT2D eigenvalue weighted by atomic mass is 16.1. The van der Waals surface area contributed by atoms with E-state index in [4.69, 9.17) is 5.73 Å². The fourth-order valence-electron chi connectivity index (χ4n) is 3.14. The van der Waals surface area contributed by atoms with Crippen molar-refractivity contribution < 1.29 is 4.79 Å². The van der Waals surface area contributed by atoms with E-state index < -0.39 is 0 Å². The quantitative estimate of drug-likeness (QED) is 0.723. The van der Waals surface area contributed by atoms with Gasteiger partial charge in [0, 0.05) is 19.3 Å². The van der Waals surface area contributed by atoms with Gasteiger partial charge in [-0.3, -0.25) is 4.79 Å². The van der Waals surface area contributed by atoms with Crippen molar-refractivity contribution in [3.8, 4) is 0 Å². The first-order valence-electron chi connectivity index (χ1n) is 8.44. The number of nitrogens with two attached hydrogens (primary N) is 1. The van der Waals surface area contributed by atoms with Crippen LogP contribution >= 0.6 is 0 Å². The molecule has 1 aliphatic carbocycles. The molecule has 21 heavy (non-hydrogen) atoms. The Kier molecular flexibility index (Phi) is 6.80. The highest BCUT2D eigenvalue weighted by molar-refractivity contribution is 5.92. The second-order valence-corrected chi connectivity index (χ2v) is 6.15. The van der Waals surface area contributed by atoms with Crippen molar-refractivity contribution in [2.24, 2.45) is 11.7 Å². The van der Waals surface area contributed by atoms with Gasteiger partial charge in [-0.1, -0.05) is 25.7 Å². The molecule has 1 aliphatic rings. The fourth-order valence-corrected chi connectivity index (χ4v) is 3.14. The summed E-state index contributed by atoms with van der Waals surface area (Å²) in [6.07, 6.45) is 11.8. The predicted molar refractivity (Wildman–Crippen MR) is 86.2 cm³/mol. The molecule has 4 heteroatoms. The Labute approximate surface area is 128 Å². The molecule has 3 N–H and O–H groups in total. The van der Waals surface area contributed by atoms with Crippen LogP contribution in [0.15, 0.2) is 18.3 Å². The number of unbranched alkanes of at least 4 members (excludes halogenated alkanes) is 2. The largest absolute Gasteiger partial charge is 0.350 e. The van der Waals surface area contributed by atoms with Gasteiger partial charge >= 0.3 is 0 Å². The Bertz CT molecular complexity index is 421. The van der Waals surface area contributed by atoms with Crippen LogP contribution in [0.2, 0.25) is 0 Å². The molecule has 118 valence electrons. The first-order chi connectivity index (χ1) is 10.3. The molecular formula is C17H29N3O. The minimum Gasteiger partial charge on any atom is -0.350 e. The van der Waals surface area contributed by atoms with Crippen LogP contribution in [0.4, 0.5) is 0 Å². The third-order valence-corrected chi connectivity index (χ3v) is 4.44.